The van der Waals surface area contributed by atoms with Crippen molar-refractivity contribution in [3.63, 3.8) is 0 Å². The van der Waals surface area contributed by atoms with E-state index >= 15 is 0 Å². The van der Waals surface area contributed by atoms with Crippen molar-refractivity contribution in [1.82, 2.24) is 0 Å². The Morgan fingerprint density at radius 2 is 2.27 bits per heavy atom. The molecule has 0 spiro atoms. The van der Waals surface area contributed by atoms with Gasteiger partial charge < -0.3 is 19.0 Å². The molecule has 0 bridgehead atoms. The minimum absolute atomic E-state index is 0.0249. The second-order valence-electron chi connectivity index (χ2n) is 3.04. The van der Waals surface area contributed by atoms with Gasteiger partial charge in [0.2, 0.25) is 18.0 Å². The Morgan fingerprint density at radius 1 is 1.40 bits per heavy atom. The quantitative estimate of drug-likeness (QED) is 0.695. The molecular formula is C10H5O5. The van der Waals surface area contributed by atoms with Gasteiger partial charge in [0.05, 0.1) is 6.07 Å². The molecule has 0 unspecified atom stereocenters. The van der Waals surface area contributed by atoms with Gasteiger partial charge in [0.25, 0.3) is 0 Å². The van der Waals surface area contributed by atoms with Gasteiger partial charge in [-0.2, -0.15) is 0 Å². The summed E-state index contributed by atoms with van der Waals surface area (Å²) in [5.74, 6) is 0.286. The highest BCUT2D eigenvalue weighted by Gasteiger charge is 2.22. The number of hydrogen-bond donors (Lipinski definition) is 1. The maximum Gasteiger partial charge on any atom is 0.231 e. The van der Waals surface area contributed by atoms with Crippen LogP contribution in [-0.4, -0.2) is 11.9 Å². The largest absolute Gasteiger partial charge is 0.504 e. The number of benzene rings is 1. The van der Waals surface area contributed by atoms with Crippen molar-refractivity contribution in [2.24, 2.45) is 0 Å². The molecule has 0 fully saturated rings. The highest BCUT2D eigenvalue weighted by molar-refractivity contribution is 5.88. The SMILES string of the molecule is O=c1[c]coc2cc3c(c(O)c12)OCO3. The van der Waals surface area contributed by atoms with Crippen LogP contribution in [0.15, 0.2) is 21.5 Å². The van der Waals surface area contributed by atoms with Crippen LogP contribution in [0.5, 0.6) is 17.2 Å². The van der Waals surface area contributed by atoms with Gasteiger partial charge in [-0.1, -0.05) is 0 Å². The van der Waals surface area contributed by atoms with E-state index in [1.54, 1.807) is 0 Å². The van der Waals surface area contributed by atoms with Crippen molar-refractivity contribution in [2.75, 3.05) is 6.79 Å². The van der Waals surface area contributed by atoms with Crippen LogP contribution < -0.4 is 14.9 Å². The van der Waals surface area contributed by atoms with E-state index in [-0.39, 0.29) is 29.3 Å². The number of ether oxygens (including phenoxy) is 2. The number of aromatic hydroxyl groups is 1. The first-order valence-corrected chi connectivity index (χ1v) is 4.22. The number of rotatable bonds is 0. The van der Waals surface area contributed by atoms with E-state index in [4.69, 9.17) is 13.9 Å². The third-order valence-electron chi connectivity index (χ3n) is 2.20. The summed E-state index contributed by atoms with van der Waals surface area (Å²) in [5.41, 5.74) is -0.187. The van der Waals surface area contributed by atoms with Crippen molar-refractivity contribution in [2.45, 2.75) is 0 Å². The minimum atomic E-state index is -0.438. The Kier molecular flexibility index (Phi) is 1.45. The van der Waals surface area contributed by atoms with E-state index in [1.807, 2.05) is 0 Å². The Balaban J connectivity index is 2.53. The number of phenols is 1. The fraction of sp³-hybridized carbons (Fsp3) is 0.100. The maximum atomic E-state index is 11.4. The van der Waals surface area contributed by atoms with Crippen molar-refractivity contribution < 1.29 is 19.0 Å². The summed E-state index contributed by atoms with van der Waals surface area (Å²) in [6.07, 6.45) is 1.15. The van der Waals surface area contributed by atoms with Gasteiger partial charge >= 0.3 is 0 Å². The van der Waals surface area contributed by atoms with Crippen LogP contribution in [0, 0.1) is 6.07 Å². The fourth-order valence-electron chi connectivity index (χ4n) is 1.53. The first-order chi connectivity index (χ1) is 7.27. The first kappa shape index (κ1) is 8.16. The zero-order valence-electron chi connectivity index (χ0n) is 7.44. The summed E-state index contributed by atoms with van der Waals surface area (Å²) in [4.78, 5) is 11.4. The molecule has 1 aliphatic heterocycles. The molecule has 75 valence electrons. The highest BCUT2D eigenvalue weighted by atomic mass is 16.7. The van der Waals surface area contributed by atoms with Gasteiger partial charge in [-0.3, -0.25) is 4.79 Å². The summed E-state index contributed by atoms with van der Waals surface area (Å²) in [6.45, 7) is 0.0249. The lowest BCUT2D eigenvalue weighted by atomic mass is 10.2. The topological polar surface area (TPSA) is 68.9 Å². The predicted molar refractivity (Wildman–Crippen MR) is 49.1 cm³/mol. The van der Waals surface area contributed by atoms with Crippen LogP contribution in [0.3, 0.4) is 0 Å². The van der Waals surface area contributed by atoms with Crippen LogP contribution in [0.25, 0.3) is 11.0 Å². The van der Waals surface area contributed by atoms with Crippen molar-refractivity contribution >= 4 is 11.0 Å². The highest BCUT2D eigenvalue weighted by Crippen LogP contribution is 2.44. The summed E-state index contributed by atoms with van der Waals surface area (Å²) >= 11 is 0. The normalized spacial score (nSPS) is 13.3. The maximum absolute atomic E-state index is 11.4. The molecule has 0 aliphatic carbocycles. The third-order valence-corrected chi connectivity index (χ3v) is 2.20. The molecule has 1 aliphatic rings. The third kappa shape index (κ3) is 0.999. The molecule has 5 heteroatoms. The lowest BCUT2D eigenvalue weighted by Gasteiger charge is -2.02. The van der Waals surface area contributed by atoms with Gasteiger partial charge in [0.15, 0.2) is 11.5 Å². The standard InChI is InChI=1S/C10H5O5/c11-5-1-2-13-6-3-7-10(15-4-14-7)9(12)8(5)6/h2-3,12H,4H2. The Labute approximate surface area is 83.5 Å². The first-order valence-electron chi connectivity index (χ1n) is 4.22. The average molecular weight is 205 g/mol. The molecule has 1 aromatic heterocycles. The average Bonchev–Trinajstić information content (AvgIpc) is 2.66. The molecule has 0 saturated carbocycles. The van der Waals surface area contributed by atoms with E-state index in [1.165, 1.54) is 6.07 Å². The molecular weight excluding hydrogens is 200 g/mol. The molecule has 0 amide bonds. The van der Waals surface area contributed by atoms with Gasteiger partial charge in [0.1, 0.15) is 17.2 Å². The molecule has 1 aromatic carbocycles. The molecule has 2 heterocycles. The predicted octanol–water partition coefficient (Wildman–Crippen LogP) is 1.03. The summed E-state index contributed by atoms with van der Waals surface area (Å²) < 4.78 is 15.1. The number of hydrogen-bond acceptors (Lipinski definition) is 5. The molecule has 3 rings (SSSR count). The second-order valence-corrected chi connectivity index (χ2v) is 3.04. The second kappa shape index (κ2) is 2.66. The summed E-state index contributed by atoms with van der Waals surface area (Å²) in [6, 6.07) is 3.83. The zero-order chi connectivity index (χ0) is 10.4. The minimum Gasteiger partial charge on any atom is -0.504 e. The van der Waals surface area contributed by atoms with E-state index in [0.29, 0.717) is 5.75 Å². The Hall–Kier alpha value is -2.17. The Morgan fingerprint density at radius 3 is 3.13 bits per heavy atom. The molecule has 2 aromatic rings. The molecule has 0 saturated heterocycles. The van der Waals surface area contributed by atoms with Crippen molar-refractivity contribution in [3.8, 4) is 17.2 Å². The zero-order valence-corrected chi connectivity index (χ0v) is 7.44. The molecule has 5 nitrogen and oxygen atoms in total. The van der Waals surface area contributed by atoms with Crippen LogP contribution in [0.1, 0.15) is 0 Å². The Bertz CT molecular complexity index is 599. The lowest BCUT2D eigenvalue weighted by molar-refractivity contribution is 0.171. The smallest absolute Gasteiger partial charge is 0.231 e. The van der Waals surface area contributed by atoms with Crippen LogP contribution in [0.2, 0.25) is 0 Å². The van der Waals surface area contributed by atoms with E-state index in [0.717, 1.165) is 6.26 Å². The van der Waals surface area contributed by atoms with Gasteiger partial charge in [0, 0.05) is 6.07 Å². The summed E-state index contributed by atoms with van der Waals surface area (Å²) in [7, 11) is 0. The number of fused-ring (bicyclic) bond motifs is 2. The summed E-state index contributed by atoms with van der Waals surface area (Å²) in [5, 5.41) is 9.82. The van der Waals surface area contributed by atoms with Gasteiger partial charge in [-0.25, -0.2) is 0 Å². The van der Waals surface area contributed by atoms with Crippen LogP contribution >= 0.6 is 0 Å². The monoisotopic (exact) mass is 205 g/mol. The van der Waals surface area contributed by atoms with E-state index in [9.17, 15) is 9.90 Å². The molecule has 15 heavy (non-hydrogen) atoms. The molecule has 1 N–H and O–H groups in total. The van der Waals surface area contributed by atoms with Crippen LogP contribution in [-0.2, 0) is 0 Å². The van der Waals surface area contributed by atoms with E-state index < -0.39 is 5.43 Å². The van der Waals surface area contributed by atoms with Gasteiger partial charge in [-0.05, 0) is 0 Å². The number of phenolic OH excluding ortho intramolecular Hbond substituents is 1. The fourth-order valence-corrected chi connectivity index (χ4v) is 1.53. The van der Waals surface area contributed by atoms with Crippen molar-refractivity contribution in [3.05, 3.63) is 28.6 Å². The van der Waals surface area contributed by atoms with E-state index in [2.05, 4.69) is 6.07 Å². The molecule has 1 radical (unpaired) electrons. The van der Waals surface area contributed by atoms with Crippen molar-refractivity contribution in [1.29, 1.82) is 0 Å². The van der Waals surface area contributed by atoms with Crippen LogP contribution in [0.4, 0.5) is 0 Å². The lowest BCUT2D eigenvalue weighted by Crippen LogP contribution is -1.99. The van der Waals surface area contributed by atoms with Gasteiger partial charge in [-0.15, -0.1) is 0 Å². The molecule has 0 atom stereocenters.